The predicted octanol–water partition coefficient (Wildman–Crippen LogP) is 3.00. The number of nitrogens with two attached hydrogens (primary N) is 1. The molecule has 0 radical (unpaired) electrons. The average Bonchev–Trinajstić information content (AvgIpc) is 2.70. The number of pyridine rings is 1. The summed E-state index contributed by atoms with van der Waals surface area (Å²) in [6, 6.07) is 14.9. The number of aromatic nitrogens is 1. The van der Waals surface area contributed by atoms with Crippen LogP contribution in [0.4, 0.5) is 5.69 Å². The number of nitro benzene ring substituents is 1. The first kappa shape index (κ1) is 18.7. The molecule has 28 heavy (non-hydrogen) atoms. The largest absolute Gasteiger partial charge is 0.457 e. The second-order valence-corrected chi connectivity index (χ2v) is 5.83. The summed E-state index contributed by atoms with van der Waals surface area (Å²) >= 11 is 0. The molecule has 0 aliphatic carbocycles. The van der Waals surface area contributed by atoms with Crippen molar-refractivity contribution in [2.24, 2.45) is 5.73 Å². The molecule has 1 amide bonds. The van der Waals surface area contributed by atoms with E-state index in [4.69, 9.17) is 10.5 Å². The number of nitrogens with zero attached hydrogens (tertiary/aromatic N) is 2. The zero-order valence-corrected chi connectivity index (χ0v) is 14.6. The number of carbonyl (C=O) groups is 2. The maximum atomic E-state index is 11.9. The first-order valence-electron chi connectivity index (χ1n) is 8.22. The topological polar surface area (TPSA) is 125 Å². The van der Waals surface area contributed by atoms with Gasteiger partial charge in [-0.05, 0) is 30.3 Å². The van der Waals surface area contributed by atoms with Gasteiger partial charge in [0.15, 0.2) is 0 Å². The van der Waals surface area contributed by atoms with E-state index in [-0.39, 0.29) is 23.4 Å². The molecule has 0 saturated carbocycles. The maximum absolute atomic E-state index is 11.9. The molecule has 1 aromatic heterocycles. The average molecular weight is 377 g/mol. The Morgan fingerprint density at radius 2 is 1.93 bits per heavy atom. The van der Waals surface area contributed by atoms with Gasteiger partial charge in [-0.1, -0.05) is 24.3 Å². The van der Waals surface area contributed by atoms with Crippen molar-refractivity contribution >= 4 is 34.5 Å². The number of fused-ring (bicyclic) bond motifs is 1. The molecule has 1 heterocycles. The molecular weight excluding hydrogens is 362 g/mol. The second kappa shape index (κ2) is 8.09. The number of para-hydroxylation sites is 1. The Labute approximate surface area is 159 Å². The number of hydrogen-bond acceptors (Lipinski definition) is 6. The lowest BCUT2D eigenvalue weighted by Gasteiger charge is -2.05. The number of carbonyl (C=O) groups excluding carboxylic acids is 2. The highest BCUT2D eigenvalue weighted by Crippen LogP contribution is 2.21. The molecule has 0 fully saturated rings. The smallest absolute Gasteiger partial charge is 0.331 e. The van der Waals surface area contributed by atoms with Gasteiger partial charge in [-0.2, -0.15) is 0 Å². The van der Waals surface area contributed by atoms with Crippen molar-refractivity contribution in [2.45, 2.75) is 6.61 Å². The SMILES string of the molecule is NC(=O)c1ccc(COC(=O)C=Cc2ccc3ccccc3n2)c([N+](=O)[O-])c1. The van der Waals surface area contributed by atoms with Gasteiger partial charge >= 0.3 is 5.97 Å². The Morgan fingerprint density at radius 3 is 2.68 bits per heavy atom. The fourth-order valence-corrected chi connectivity index (χ4v) is 2.53. The molecule has 2 N–H and O–H groups in total. The minimum Gasteiger partial charge on any atom is -0.457 e. The number of esters is 1. The molecule has 0 unspecified atom stereocenters. The van der Waals surface area contributed by atoms with Crippen LogP contribution in [-0.2, 0) is 16.1 Å². The summed E-state index contributed by atoms with van der Waals surface area (Å²) in [5.74, 6) is -1.46. The van der Waals surface area contributed by atoms with E-state index in [1.807, 2.05) is 30.3 Å². The zero-order valence-electron chi connectivity index (χ0n) is 14.6. The van der Waals surface area contributed by atoms with Gasteiger partial charge in [0.2, 0.25) is 5.91 Å². The van der Waals surface area contributed by atoms with E-state index in [0.717, 1.165) is 17.0 Å². The van der Waals surface area contributed by atoms with Crippen LogP contribution in [0.1, 0.15) is 21.6 Å². The highest BCUT2D eigenvalue weighted by Gasteiger charge is 2.17. The highest BCUT2D eigenvalue weighted by molar-refractivity contribution is 5.93. The first-order valence-corrected chi connectivity index (χ1v) is 8.22. The van der Waals surface area contributed by atoms with E-state index in [2.05, 4.69) is 4.98 Å². The van der Waals surface area contributed by atoms with Crippen molar-refractivity contribution in [3.05, 3.63) is 87.6 Å². The standard InChI is InChI=1S/C20H15N3O5/c21-20(25)14-5-6-15(18(11-14)23(26)27)12-28-19(24)10-9-16-8-7-13-3-1-2-4-17(13)22-16/h1-11H,12H2,(H2,21,25). The van der Waals surface area contributed by atoms with Gasteiger partial charge in [0.05, 0.1) is 21.7 Å². The summed E-state index contributed by atoms with van der Waals surface area (Å²) in [7, 11) is 0. The zero-order chi connectivity index (χ0) is 20.1. The molecule has 8 nitrogen and oxygen atoms in total. The molecule has 3 aromatic rings. The van der Waals surface area contributed by atoms with Crippen LogP contribution in [-0.4, -0.2) is 21.8 Å². The van der Waals surface area contributed by atoms with Gasteiger partial charge in [-0.25, -0.2) is 9.78 Å². The van der Waals surface area contributed by atoms with Crippen molar-refractivity contribution in [2.75, 3.05) is 0 Å². The quantitative estimate of drug-likeness (QED) is 0.305. The lowest BCUT2D eigenvalue weighted by atomic mass is 10.1. The summed E-state index contributed by atoms with van der Waals surface area (Å²) in [6.07, 6.45) is 2.69. The van der Waals surface area contributed by atoms with Crippen molar-refractivity contribution in [1.82, 2.24) is 4.98 Å². The van der Waals surface area contributed by atoms with Crippen molar-refractivity contribution in [3.8, 4) is 0 Å². The number of ether oxygens (including phenoxy) is 1. The van der Waals surface area contributed by atoms with Gasteiger partial charge in [0, 0.05) is 23.1 Å². The van der Waals surface area contributed by atoms with Crippen LogP contribution < -0.4 is 5.73 Å². The maximum Gasteiger partial charge on any atom is 0.331 e. The third-order valence-corrected chi connectivity index (χ3v) is 3.95. The third kappa shape index (κ3) is 4.36. The monoisotopic (exact) mass is 377 g/mol. The molecule has 3 rings (SSSR count). The minimum atomic E-state index is -0.780. The Balaban J connectivity index is 1.68. The highest BCUT2D eigenvalue weighted by atomic mass is 16.6. The number of primary amides is 1. The van der Waals surface area contributed by atoms with E-state index in [1.54, 1.807) is 6.07 Å². The summed E-state index contributed by atoms with van der Waals surface area (Å²) in [4.78, 5) is 38.0. The summed E-state index contributed by atoms with van der Waals surface area (Å²) < 4.78 is 5.05. The number of benzene rings is 2. The number of hydrogen-bond donors (Lipinski definition) is 1. The molecule has 0 bridgehead atoms. The predicted molar refractivity (Wildman–Crippen MR) is 102 cm³/mol. The lowest BCUT2D eigenvalue weighted by molar-refractivity contribution is -0.385. The Kier molecular flexibility index (Phi) is 5.40. The Morgan fingerprint density at radius 1 is 1.14 bits per heavy atom. The van der Waals surface area contributed by atoms with E-state index < -0.39 is 16.8 Å². The summed E-state index contributed by atoms with van der Waals surface area (Å²) in [5, 5.41) is 12.1. The van der Waals surface area contributed by atoms with E-state index in [1.165, 1.54) is 24.3 Å². The van der Waals surface area contributed by atoms with Gasteiger partial charge < -0.3 is 10.5 Å². The second-order valence-electron chi connectivity index (χ2n) is 5.83. The van der Waals surface area contributed by atoms with Gasteiger partial charge in [0.25, 0.3) is 5.69 Å². The van der Waals surface area contributed by atoms with Crippen LogP contribution in [0.5, 0.6) is 0 Å². The molecule has 0 saturated heterocycles. The first-order chi connectivity index (χ1) is 13.4. The van der Waals surface area contributed by atoms with Crippen molar-refractivity contribution in [3.63, 3.8) is 0 Å². The van der Waals surface area contributed by atoms with E-state index in [0.29, 0.717) is 5.69 Å². The Hall–Kier alpha value is -4.07. The van der Waals surface area contributed by atoms with E-state index >= 15 is 0 Å². The number of nitro groups is 1. The van der Waals surface area contributed by atoms with Crippen LogP contribution in [0, 0.1) is 10.1 Å². The molecule has 0 aliphatic rings. The molecule has 140 valence electrons. The Bertz CT molecular complexity index is 1110. The van der Waals surface area contributed by atoms with Crippen LogP contribution in [0.15, 0.2) is 60.7 Å². The molecule has 0 spiro atoms. The lowest BCUT2D eigenvalue weighted by Crippen LogP contribution is -2.12. The third-order valence-electron chi connectivity index (χ3n) is 3.95. The molecule has 2 aromatic carbocycles. The fourth-order valence-electron chi connectivity index (χ4n) is 2.53. The molecule has 8 heteroatoms. The molecule has 0 aliphatic heterocycles. The molecule has 0 atom stereocenters. The van der Waals surface area contributed by atoms with Gasteiger partial charge in [-0.15, -0.1) is 0 Å². The van der Waals surface area contributed by atoms with Crippen molar-refractivity contribution in [1.29, 1.82) is 0 Å². The number of rotatable bonds is 6. The normalized spacial score (nSPS) is 10.9. The van der Waals surface area contributed by atoms with Gasteiger partial charge in [-0.3, -0.25) is 14.9 Å². The van der Waals surface area contributed by atoms with Crippen molar-refractivity contribution < 1.29 is 19.2 Å². The van der Waals surface area contributed by atoms with Gasteiger partial charge in [0.1, 0.15) is 6.61 Å². The summed E-state index contributed by atoms with van der Waals surface area (Å²) in [6.45, 7) is -0.316. The van der Waals surface area contributed by atoms with E-state index in [9.17, 15) is 19.7 Å². The summed E-state index contributed by atoms with van der Waals surface area (Å²) in [5.41, 5.74) is 6.31. The number of amides is 1. The minimum absolute atomic E-state index is 0.00375. The van der Waals surface area contributed by atoms with Crippen LogP contribution >= 0.6 is 0 Å². The fraction of sp³-hybridized carbons (Fsp3) is 0.0500. The van der Waals surface area contributed by atoms with Crippen LogP contribution in [0.3, 0.4) is 0 Å². The van der Waals surface area contributed by atoms with Crippen LogP contribution in [0.2, 0.25) is 0 Å². The molecular formula is C20H15N3O5. The van der Waals surface area contributed by atoms with Crippen LogP contribution in [0.25, 0.3) is 17.0 Å².